The van der Waals surface area contributed by atoms with E-state index in [-0.39, 0.29) is 5.91 Å². The molecule has 0 saturated carbocycles. The Morgan fingerprint density at radius 2 is 1.82 bits per heavy atom. The van der Waals surface area contributed by atoms with E-state index in [0.717, 1.165) is 11.4 Å². The van der Waals surface area contributed by atoms with Crippen molar-refractivity contribution >= 4 is 12.1 Å². The summed E-state index contributed by atoms with van der Waals surface area (Å²) in [6.07, 6.45) is 6.70. The lowest BCUT2D eigenvalue weighted by Crippen LogP contribution is -2.17. The molecule has 0 aliphatic heterocycles. The van der Waals surface area contributed by atoms with Gasteiger partial charge < -0.3 is 4.57 Å². The maximum absolute atomic E-state index is 11.9. The number of nitrogens with one attached hydrogen (secondary N) is 1. The van der Waals surface area contributed by atoms with Gasteiger partial charge in [0.15, 0.2) is 0 Å². The van der Waals surface area contributed by atoms with Crippen LogP contribution in [0.15, 0.2) is 78.3 Å². The predicted molar refractivity (Wildman–Crippen MR) is 85.1 cm³/mol. The molecule has 22 heavy (non-hydrogen) atoms. The Bertz CT molecular complexity index is 779. The second-order valence-corrected chi connectivity index (χ2v) is 4.57. The maximum atomic E-state index is 11.9. The average molecular weight is 290 g/mol. The highest BCUT2D eigenvalue weighted by Gasteiger charge is 2.03. The van der Waals surface area contributed by atoms with Crippen LogP contribution in [0.25, 0.3) is 5.69 Å². The molecule has 2 heterocycles. The number of para-hydroxylation sites is 1. The third-order valence-corrected chi connectivity index (χ3v) is 3.12. The van der Waals surface area contributed by atoms with Crippen LogP contribution in [0, 0.1) is 0 Å². The van der Waals surface area contributed by atoms with Crippen molar-refractivity contribution in [3.63, 3.8) is 0 Å². The molecule has 1 N–H and O–H groups in total. The van der Waals surface area contributed by atoms with Gasteiger partial charge in [-0.15, -0.1) is 0 Å². The normalized spacial score (nSPS) is 10.7. The van der Waals surface area contributed by atoms with E-state index < -0.39 is 0 Å². The molecule has 0 aliphatic rings. The average Bonchev–Trinajstić information content (AvgIpc) is 3.05. The van der Waals surface area contributed by atoms with E-state index in [1.807, 2.05) is 53.2 Å². The van der Waals surface area contributed by atoms with E-state index >= 15 is 0 Å². The van der Waals surface area contributed by atoms with Gasteiger partial charge in [-0.2, -0.15) is 5.10 Å². The summed E-state index contributed by atoms with van der Waals surface area (Å²) in [6, 6.07) is 17.1. The highest BCUT2D eigenvalue weighted by Crippen LogP contribution is 2.10. The Hall–Kier alpha value is -3.21. The minimum Gasteiger partial charge on any atom is -0.316 e. The molecule has 0 spiro atoms. The van der Waals surface area contributed by atoms with E-state index in [1.165, 1.54) is 0 Å². The van der Waals surface area contributed by atoms with Crippen LogP contribution in [0.2, 0.25) is 0 Å². The lowest BCUT2D eigenvalue weighted by Gasteiger charge is -2.05. The number of hydrogen-bond acceptors (Lipinski definition) is 3. The zero-order chi connectivity index (χ0) is 15.2. The van der Waals surface area contributed by atoms with Gasteiger partial charge in [0.05, 0.1) is 11.9 Å². The van der Waals surface area contributed by atoms with Crippen molar-refractivity contribution in [3.8, 4) is 5.69 Å². The number of benzene rings is 1. The van der Waals surface area contributed by atoms with Gasteiger partial charge in [-0.05, 0) is 36.4 Å². The SMILES string of the molecule is O=C(N/N=C\c1cccn1-c1ccccc1)c1ccncc1. The van der Waals surface area contributed by atoms with E-state index in [2.05, 4.69) is 15.5 Å². The number of carbonyl (C=O) groups is 1. The molecule has 5 heteroatoms. The summed E-state index contributed by atoms with van der Waals surface area (Å²) in [5.41, 5.74) is 4.94. The summed E-state index contributed by atoms with van der Waals surface area (Å²) in [5, 5.41) is 4.01. The van der Waals surface area contributed by atoms with E-state index in [1.54, 1.807) is 30.7 Å². The van der Waals surface area contributed by atoms with Crippen LogP contribution in [0.4, 0.5) is 0 Å². The Morgan fingerprint density at radius 3 is 2.59 bits per heavy atom. The number of hydrogen-bond donors (Lipinski definition) is 1. The minimum absolute atomic E-state index is 0.267. The second kappa shape index (κ2) is 6.49. The summed E-state index contributed by atoms with van der Waals surface area (Å²) in [5.74, 6) is -0.267. The lowest BCUT2D eigenvalue weighted by molar-refractivity contribution is 0.0955. The van der Waals surface area contributed by atoms with E-state index in [0.29, 0.717) is 5.56 Å². The van der Waals surface area contributed by atoms with Crippen molar-refractivity contribution < 1.29 is 4.79 Å². The standard InChI is InChI=1S/C17H14N4O/c22-17(14-8-10-18-11-9-14)20-19-13-16-7-4-12-21(16)15-5-2-1-3-6-15/h1-13H,(H,20,22)/b19-13-. The number of nitrogens with zero attached hydrogens (tertiary/aromatic N) is 3. The first-order chi connectivity index (χ1) is 10.8. The van der Waals surface area contributed by atoms with Crippen LogP contribution in [-0.2, 0) is 0 Å². The van der Waals surface area contributed by atoms with Crippen LogP contribution in [0.1, 0.15) is 16.1 Å². The number of pyridine rings is 1. The third-order valence-electron chi connectivity index (χ3n) is 3.12. The zero-order valence-electron chi connectivity index (χ0n) is 11.8. The van der Waals surface area contributed by atoms with Gasteiger partial charge >= 0.3 is 0 Å². The van der Waals surface area contributed by atoms with Crippen LogP contribution in [-0.4, -0.2) is 21.7 Å². The quantitative estimate of drug-likeness (QED) is 0.593. The number of aromatic nitrogens is 2. The van der Waals surface area contributed by atoms with Gasteiger partial charge in [-0.25, -0.2) is 5.43 Å². The molecule has 0 radical (unpaired) electrons. The lowest BCUT2D eigenvalue weighted by atomic mass is 10.3. The van der Waals surface area contributed by atoms with Crippen molar-refractivity contribution in [2.45, 2.75) is 0 Å². The molecule has 0 atom stereocenters. The Labute approximate surface area is 127 Å². The fourth-order valence-electron chi connectivity index (χ4n) is 2.05. The van der Waals surface area contributed by atoms with Crippen molar-refractivity contribution in [2.75, 3.05) is 0 Å². The minimum atomic E-state index is -0.267. The molecule has 3 rings (SSSR count). The third kappa shape index (κ3) is 3.09. The largest absolute Gasteiger partial charge is 0.316 e. The van der Waals surface area contributed by atoms with Crippen molar-refractivity contribution in [3.05, 3.63) is 84.4 Å². The van der Waals surface area contributed by atoms with Gasteiger partial charge in [-0.3, -0.25) is 9.78 Å². The molecule has 0 fully saturated rings. The second-order valence-electron chi connectivity index (χ2n) is 4.57. The smallest absolute Gasteiger partial charge is 0.271 e. The van der Waals surface area contributed by atoms with Gasteiger partial charge in [0.2, 0.25) is 0 Å². The highest BCUT2D eigenvalue weighted by atomic mass is 16.2. The van der Waals surface area contributed by atoms with Gasteiger partial charge in [0.1, 0.15) is 0 Å². The number of hydrazone groups is 1. The fraction of sp³-hybridized carbons (Fsp3) is 0. The molecule has 1 amide bonds. The summed E-state index contributed by atoms with van der Waals surface area (Å²) >= 11 is 0. The Balaban J connectivity index is 1.72. The zero-order valence-corrected chi connectivity index (χ0v) is 11.8. The molecule has 0 saturated heterocycles. The first-order valence-electron chi connectivity index (χ1n) is 6.81. The Morgan fingerprint density at radius 1 is 1.05 bits per heavy atom. The topological polar surface area (TPSA) is 59.3 Å². The maximum Gasteiger partial charge on any atom is 0.271 e. The summed E-state index contributed by atoms with van der Waals surface area (Å²) < 4.78 is 1.99. The van der Waals surface area contributed by atoms with Crippen LogP contribution >= 0.6 is 0 Å². The molecule has 0 bridgehead atoms. The molecule has 2 aromatic heterocycles. The highest BCUT2D eigenvalue weighted by molar-refractivity contribution is 5.94. The summed E-state index contributed by atoms with van der Waals surface area (Å²) in [4.78, 5) is 15.7. The molecule has 108 valence electrons. The van der Waals surface area contributed by atoms with E-state index in [4.69, 9.17) is 0 Å². The first kappa shape index (κ1) is 13.8. The first-order valence-corrected chi connectivity index (χ1v) is 6.81. The number of rotatable bonds is 4. The molecule has 5 nitrogen and oxygen atoms in total. The van der Waals surface area contributed by atoms with E-state index in [9.17, 15) is 4.79 Å². The Kier molecular flexibility index (Phi) is 4.06. The van der Waals surface area contributed by atoms with Crippen molar-refractivity contribution in [2.24, 2.45) is 5.10 Å². The van der Waals surface area contributed by atoms with Crippen molar-refractivity contribution in [1.82, 2.24) is 15.0 Å². The molecule has 0 unspecified atom stereocenters. The van der Waals surface area contributed by atoms with Crippen LogP contribution in [0.3, 0.4) is 0 Å². The fourth-order valence-corrected chi connectivity index (χ4v) is 2.05. The van der Waals surface area contributed by atoms with Crippen LogP contribution < -0.4 is 5.43 Å². The molecule has 0 aliphatic carbocycles. The molecular weight excluding hydrogens is 276 g/mol. The predicted octanol–water partition coefficient (Wildman–Crippen LogP) is 2.64. The summed E-state index contributed by atoms with van der Waals surface area (Å²) in [7, 11) is 0. The number of carbonyl (C=O) groups excluding carboxylic acids is 1. The van der Waals surface area contributed by atoms with Gasteiger partial charge in [0, 0.05) is 29.8 Å². The molecule has 1 aromatic carbocycles. The molecular formula is C17H14N4O. The van der Waals surface area contributed by atoms with Crippen molar-refractivity contribution in [1.29, 1.82) is 0 Å². The van der Waals surface area contributed by atoms with Gasteiger partial charge in [-0.1, -0.05) is 18.2 Å². The van der Waals surface area contributed by atoms with Gasteiger partial charge in [0.25, 0.3) is 5.91 Å². The summed E-state index contributed by atoms with van der Waals surface area (Å²) in [6.45, 7) is 0. The van der Waals surface area contributed by atoms with Crippen LogP contribution in [0.5, 0.6) is 0 Å². The molecule has 3 aromatic rings. The monoisotopic (exact) mass is 290 g/mol. The number of amides is 1.